The van der Waals surface area contributed by atoms with Crippen molar-refractivity contribution in [2.75, 3.05) is 19.8 Å². The number of halogens is 2. The Bertz CT molecular complexity index is 801. The molecule has 0 bridgehead atoms. The Morgan fingerprint density at radius 1 is 1.16 bits per heavy atom. The zero-order chi connectivity index (χ0) is 17.4. The fourth-order valence-electron chi connectivity index (χ4n) is 3.20. The first kappa shape index (κ1) is 16.8. The lowest BCUT2D eigenvalue weighted by molar-refractivity contribution is -0.172. The molecule has 4 rings (SSSR count). The Morgan fingerprint density at radius 2 is 1.92 bits per heavy atom. The van der Waals surface area contributed by atoms with Crippen molar-refractivity contribution < 1.29 is 9.53 Å². The van der Waals surface area contributed by atoms with Gasteiger partial charge in [0.05, 0.1) is 34.4 Å². The molecule has 1 amide bonds. The van der Waals surface area contributed by atoms with Crippen molar-refractivity contribution in [1.29, 1.82) is 0 Å². The van der Waals surface area contributed by atoms with Crippen LogP contribution in [0.25, 0.3) is 0 Å². The normalized spacial score (nSPS) is 17.9. The Labute approximate surface area is 155 Å². The van der Waals surface area contributed by atoms with E-state index in [0.29, 0.717) is 41.1 Å². The number of ether oxygens (including phenoxy) is 1. The number of hydrogen-bond donors (Lipinski definition) is 0. The van der Waals surface area contributed by atoms with Crippen molar-refractivity contribution in [3.05, 3.63) is 57.6 Å². The van der Waals surface area contributed by atoms with Gasteiger partial charge in [-0.2, -0.15) is 0 Å². The van der Waals surface area contributed by atoms with E-state index in [1.54, 1.807) is 18.5 Å². The van der Waals surface area contributed by atoms with Gasteiger partial charge in [0.15, 0.2) is 0 Å². The second-order valence-electron chi connectivity index (χ2n) is 6.56. The first-order valence-electron chi connectivity index (χ1n) is 8.22. The second kappa shape index (κ2) is 6.56. The summed E-state index contributed by atoms with van der Waals surface area (Å²) in [6, 6.07) is 5.58. The maximum absolute atomic E-state index is 12.6. The minimum atomic E-state index is -0.0659. The van der Waals surface area contributed by atoms with E-state index in [1.165, 1.54) is 0 Å². The average Bonchev–Trinajstić information content (AvgIpc) is 2.54. The zero-order valence-corrected chi connectivity index (χ0v) is 15.1. The molecule has 0 atom stereocenters. The number of nitrogens with zero attached hydrogens (tertiary/aromatic N) is 3. The van der Waals surface area contributed by atoms with E-state index < -0.39 is 0 Å². The summed E-state index contributed by atoms with van der Waals surface area (Å²) < 4.78 is 5.26. The number of carbonyl (C=O) groups is 1. The lowest BCUT2D eigenvalue weighted by atomic mass is 9.82. The van der Waals surface area contributed by atoms with Gasteiger partial charge in [0, 0.05) is 25.4 Å². The molecule has 7 heteroatoms. The van der Waals surface area contributed by atoms with Crippen LogP contribution in [0.5, 0.6) is 0 Å². The molecule has 2 aliphatic heterocycles. The van der Waals surface area contributed by atoms with Crippen LogP contribution in [0.1, 0.15) is 28.2 Å². The molecule has 0 N–H and O–H groups in total. The maximum Gasteiger partial charge on any atom is 0.257 e. The van der Waals surface area contributed by atoms with Crippen LogP contribution in [0.15, 0.2) is 30.6 Å². The first-order valence-corrected chi connectivity index (χ1v) is 8.98. The van der Waals surface area contributed by atoms with Crippen molar-refractivity contribution in [3.8, 4) is 0 Å². The molecule has 1 aromatic heterocycles. The molecule has 25 heavy (non-hydrogen) atoms. The molecule has 2 fully saturated rings. The number of rotatable bonds is 4. The summed E-state index contributed by atoms with van der Waals surface area (Å²) in [5.74, 6) is 0.693. The van der Waals surface area contributed by atoms with Gasteiger partial charge in [0.2, 0.25) is 0 Å². The van der Waals surface area contributed by atoms with Crippen molar-refractivity contribution in [3.63, 3.8) is 0 Å². The first-order chi connectivity index (χ1) is 12.1. The highest BCUT2D eigenvalue weighted by atomic mass is 35.5. The summed E-state index contributed by atoms with van der Waals surface area (Å²) in [6.07, 6.45) is 5.68. The molecule has 0 unspecified atom stereocenters. The predicted octanol–water partition coefficient (Wildman–Crippen LogP) is 3.18. The van der Waals surface area contributed by atoms with Crippen molar-refractivity contribution in [1.82, 2.24) is 14.9 Å². The van der Waals surface area contributed by atoms with E-state index in [1.807, 2.05) is 17.0 Å². The maximum atomic E-state index is 12.6. The highest BCUT2D eigenvalue weighted by Gasteiger charge is 2.53. The third-order valence-corrected chi connectivity index (χ3v) is 5.67. The Balaban J connectivity index is 1.38. The van der Waals surface area contributed by atoms with Crippen molar-refractivity contribution in [2.45, 2.75) is 24.8 Å². The molecule has 130 valence electrons. The SMILES string of the molecule is O=C(c1cnc(CCc2ccc(Cl)c(Cl)c2)nc1)N1CCC12COC2. The molecule has 2 saturated heterocycles. The van der Waals surface area contributed by atoms with Crippen LogP contribution in [-0.4, -0.2) is 46.1 Å². The van der Waals surface area contributed by atoms with Gasteiger partial charge in [-0.1, -0.05) is 29.3 Å². The average molecular weight is 378 g/mol. The summed E-state index contributed by atoms with van der Waals surface area (Å²) in [7, 11) is 0. The standard InChI is InChI=1S/C18H17Cl2N3O2/c19-14-3-1-12(7-15(14)20)2-4-16-21-8-13(9-22-16)17(24)23-6-5-18(23)10-25-11-18/h1,3,7-9H,2,4-6,10-11H2. The van der Waals surface area contributed by atoms with E-state index in [2.05, 4.69) is 9.97 Å². The Morgan fingerprint density at radius 3 is 2.48 bits per heavy atom. The van der Waals surface area contributed by atoms with E-state index in [4.69, 9.17) is 27.9 Å². The minimum absolute atomic E-state index is 0.00872. The van der Waals surface area contributed by atoms with Crippen molar-refractivity contribution in [2.24, 2.45) is 0 Å². The van der Waals surface area contributed by atoms with Gasteiger partial charge < -0.3 is 9.64 Å². The summed E-state index contributed by atoms with van der Waals surface area (Å²) in [6.45, 7) is 2.06. The van der Waals surface area contributed by atoms with Crippen LogP contribution in [0.4, 0.5) is 0 Å². The Kier molecular flexibility index (Phi) is 4.40. The quantitative estimate of drug-likeness (QED) is 0.820. The summed E-state index contributed by atoms with van der Waals surface area (Å²) in [5.41, 5.74) is 1.54. The summed E-state index contributed by atoms with van der Waals surface area (Å²) in [4.78, 5) is 23.1. The summed E-state index contributed by atoms with van der Waals surface area (Å²) >= 11 is 11.9. The number of aryl methyl sites for hydroxylation is 2. The van der Waals surface area contributed by atoms with Gasteiger partial charge in [-0.25, -0.2) is 9.97 Å². The molecule has 1 aromatic carbocycles. The van der Waals surface area contributed by atoms with Gasteiger partial charge >= 0.3 is 0 Å². The summed E-state index contributed by atoms with van der Waals surface area (Å²) in [5, 5.41) is 1.09. The van der Waals surface area contributed by atoms with Crippen LogP contribution in [0.2, 0.25) is 10.0 Å². The smallest absolute Gasteiger partial charge is 0.257 e. The molecule has 3 heterocycles. The number of benzene rings is 1. The number of likely N-dealkylation sites (tertiary alicyclic amines) is 1. The van der Waals surface area contributed by atoms with Gasteiger partial charge in [0.25, 0.3) is 5.91 Å². The molecule has 0 radical (unpaired) electrons. The molecule has 1 spiro atoms. The second-order valence-corrected chi connectivity index (χ2v) is 7.37. The Hall–Kier alpha value is -1.69. The monoisotopic (exact) mass is 377 g/mol. The van der Waals surface area contributed by atoms with E-state index in [0.717, 1.165) is 24.9 Å². The highest BCUT2D eigenvalue weighted by molar-refractivity contribution is 6.42. The third kappa shape index (κ3) is 3.12. The topological polar surface area (TPSA) is 55.3 Å². The number of amides is 1. The third-order valence-electron chi connectivity index (χ3n) is 4.93. The zero-order valence-electron chi connectivity index (χ0n) is 13.5. The molecule has 0 saturated carbocycles. The van der Waals surface area contributed by atoms with Crippen LogP contribution in [-0.2, 0) is 17.6 Å². The van der Waals surface area contributed by atoms with E-state index in [9.17, 15) is 4.79 Å². The van der Waals surface area contributed by atoms with E-state index in [-0.39, 0.29) is 11.4 Å². The predicted molar refractivity (Wildman–Crippen MR) is 95.1 cm³/mol. The van der Waals surface area contributed by atoms with Crippen LogP contribution in [0.3, 0.4) is 0 Å². The number of carbonyl (C=O) groups excluding carboxylic acids is 1. The fraction of sp³-hybridized carbons (Fsp3) is 0.389. The van der Waals surface area contributed by atoms with Crippen LogP contribution >= 0.6 is 23.2 Å². The minimum Gasteiger partial charge on any atom is -0.376 e. The molecule has 2 aromatic rings. The highest BCUT2D eigenvalue weighted by Crippen LogP contribution is 2.38. The fourth-order valence-corrected chi connectivity index (χ4v) is 3.52. The molecule has 5 nitrogen and oxygen atoms in total. The van der Waals surface area contributed by atoms with Gasteiger partial charge in [-0.3, -0.25) is 4.79 Å². The van der Waals surface area contributed by atoms with Crippen LogP contribution in [0, 0.1) is 0 Å². The van der Waals surface area contributed by atoms with Crippen LogP contribution < -0.4 is 0 Å². The van der Waals surface area contributed by atoms with Gasteiger partial charge in [0.1, 0.15) is 5.82 Å². The lowest BCUT2D eigenvalue weighted by Gasteiger charge is -2.57. The van der Waals surface area contributed by atoms with Gasteiger partial charge in [-0.05, 0) is 30.5 Å². The number of aromatic nitrogens is 2. The largest absolute Gasteiger partial charge is 0.376 e. The van der Waals surface area contributed by atoms with Crippen molar-refractivity contribution >= 4 is 29.1 Å². The van der Waals surface area contributed by atoms with Gasteiger partial charge in [-0.15, -0.1) is 0 Å². The molecule has 2 aliphatic rings. The molecule has 0 aliphatic carbocycles. The molecular weight excluding hydrogens is 361 g/mol. The number of hydrogen-bond acceptors (Lipinski definition) is 4. The lowest BCUT2D eigenvalue weighted by Crippen LogP contribution is -2.72. The van der Waals surface area contributed by atoms with E-state index >= 15 is 0 Å². The molecular formula is C18H17Cl2N3O2.